The maximum absolute atomic E-state index is 12.5. The molecule has 2 aliphatic rings. The maximum Gasteiger partial charge on any atom is 0.254 e. The van der Waals surface area contributed by atoms with E-state index in [4.69, 9.17) is 0 Å². The Labute approximate surface area is 184 Å². The number of aromatic amines is 1. The standard InChI is InChI=1S/C22H25N7O3/c1-13(2)20-14(3-4-19(31)29-8-7-23-12-29)18(11-30)27-16(20)9-17-21(25-6-5-24-17)15-10-26-28-22(15)32/h5-10,12-13,15,24,27,30H,3-4,11H2,1-2H3,(H,28,32). The first kappa shape index (κ1) is 21.4. The molecule has 0 aliphatic carbocycles. The van der Waals surface area contributed by atoms with Gasteiger partial charge in [0.1, 0.15) is 12.2 Å². The van der Waals surface area contributed by atoms with Gasteiger partial charge >= 0.3 is 0 Å². The Bertz CT molecular complexity index is 1140. The van der Waals surface area contributed by atoms with E-state index in [0.717, 1.165) is 16.8 Å². The molecule has 0 saturated carbocycles. The van der Waals surface area contributed by atoms with Crippen LogP contribution in [0.25, 0.3) is 6.08 Å². The summed E-state index contributed by atoms with van der Waals surface area (Å²) in [5.41, 5.74) is 7.06. The minimum atomic E-state index is -0.583. The normalized spacial score (nSPS) is 18.9. The van der Waals surface area contributed by atoms with Crippen molar-refractivity contribution in [1.29, 1.82) is 0 Å². The van der Waals surface area contributed by atoms with Crippen molar-refractivity contribution in [2.75, 3.05) is 0 Å². The number of amides is 1. The number of hydrazone groups is 1. The number of aliphatic hydroxyl groups is 1. The van der Waals surface area contributed by atoms with Gasteiger partial charge in [-0.25, -0.2) is 10.4 Å². The first-order valence-electron chi connectivity index (χ1n) is 10.4. The monoisotopic (exact) mass is 435 g/mol. The maximum atomic E-state index is 12.5. The fraction of sp³-hybridized carbons (Fsp3) is 0.318. The fourth-order valence-electron chi connectivity index (χ4n) is 4.00. The zero-order chi connectivity index (χ0) is 22.7. The number of aliphatic imine (C=N–C) groups is 1. The van der Waals surface area contributed by atoms with Crippen LogP contribution in [0.5, 0.6) is 0 Å². The van der Waals surface area contributed by atoms with Crippen molar-refractivity contribution in [3.8, 4) is 0 Å². The fourth-order valence-corrected chi connectivity index (χ4v) is 4.00. The summed E-state index contributed by atoms with van der Waals surface area (Å²) in [5, 5.41) is 17.0. The van der Waals surface area contributed by atoms with Crippen LogP contribution in [0.1, 0.15) is 53.5 Å². The lowest BCUT2D eigenvalue weighted by molar-refractivity contribution is -0.120. The van der Waals surface area contributed by atoms with E-state index in [9.17, 15) is 14.7 Å². The molecule has 1 unspecified atom stereocenters. The summed E-state index contributed by atoms with van der Waals surface area (Å²) in [4.78, 5) is 36.2. The number of rotatable bonds is 7. The number of carbonyl (C=O) groups is 2. The van der Waals surface area contributed by atoms with Crippen molar-refractivity contribution in [2.45, 2.75) is 39.2 Å². The number of aliphatic hydroxyl groups excluding tert-OH is 1. The minimum absolute atomic E-state index is 0.0674. The largest absolute Gasteiger partial charge is 0.390 e. The second-order valence-electron chi connectivity index (χ2n) is 7.85. The zero-order valence-corrected chi connectivity index (χ0v) is 17.9. The molecule has 4 rings (SSSR count). The molecule has 4 heterocycles. The summed E-state index contributed by atoms with van der Waals surface area (Å²) in [7, 11) is 0. The molecule has 2 aromatic rings. The van der Waals surface area contributed by atoms with Crippen molar-refractivity contribution in [2.24, 2.45) is 16.0 Å². The van der Waals surface area contributed by atoms with Gasteiger partial charge in [0.15, 0.2) is 0 Å². The molecular weight excluding hydrogens is 410 g/mol. The number of allylic oxidation sites excluding steroid dienone is 1. The van der Waals surface area contributed by atoms with E-state index in [2.05, 4.69) is 44.7 Å². The highest BCUT2D eigenvalue weighted by Gasteiger charge is 2.30. The third-order valence-electron chi connectivity index (χ3n) is 5.45. The summed E-state index contributed by atoms with van der Waals surface area (Å²) >= 11 is 0. The Kier molecular flexibility index (Phi) is 6.13. The van der Waals surface area contributed by atoms with Gasteiger partial charge in [0.05, 0.1) is 18.0 Å². The summed E-state index contributed by atoms with van der Waals surface area (Å²) in [6.07, 6.45) is 12.1. The van der Waals surface area contributed by atoms with Gasteiger partial charge in [0, 0.05) is 48.8 Å². The van der Waals surface area contributed by atoms with Crippen molar-refractivity contribution < 1.29 is 14.7 Å². The van der Waals surface area contributed by atoms with Gasteiger partial charge in [0.2, 0.25) is 5.91 Å². The predicted molar refractivity (Wildman–Crippen MR) is 120 cm³/mol. The van der Waals surface area contributed by atoms with Gasteiger partial charge in [-0.3, -0.25) is 19.1 Å². The third kappa shape index (κ3) is 4.17. The molecule has 0 spiro atoms. The van der Waals surface area contributed by atoms with Crippen LogP contribution in [0.3, 0.4) is 0 Å². The Balaban J connectivity index is 1.67. The van der Waals surface area contributed by atoms with Crippen molar-refractivity contribution in [3.63, 3.8) is 0 Å². The Morgan fingerprint density at radius 1 is 1.38 bits per heavy atom. The minimum Gasteiger partial charge on any atom is -0.390 e. The predicted octanol–water partition coefficient (Wildman–Crippen LogP) is 1.69. The number of nitrogens with zero attached hydrogens (tertiary/aromatic N) is 4. The van der Waals surface area contributed by atoms with Gasteiger partial charge < -0.3 is 15.4 Å². The second kappa shape index (κ2) is 9.15. The number of aromatic nitrogens is 3. The van der Waals surface area contributed by atoms with E-state index < -0.39 is 5.92 Å². The molecule has 4 N–H and O–H groups in total. The molecule has 10 nitrogen and oxygen atoms in total. The van der Waals surface area contributed by atoms with Crippen LogP contribution in [-0.2, 0) is 17.8 Å². The summed E-state index contributed by atoms with van der Waals surface area (Å²) in [5.74, 6) is -0.757. The molecular formula is C22H25N7O3. The number of hydrogen-bond acceptors (Lipinski definition) is 7. The van der Waals surface area contributed by atoms with Gasteiger partial charge in [-0.15, -0.1) is 0 Å². The Morgan fingerprint density at radius 3 is 2.88 bits per heavy atom. The number of carbonyl (C=O) groups excluding carboxylic acids is 2. The molecule has 0 radical (unpaired) electrons. The van der Waals surface area contributed by atoms with Gasteiger partial charge in [-0.05, 0) is 29.5 Å². The van der Waals surface area contributed by atoms with Crippen LogP contribution in [-0.4, -0.2) is 43.4 Å². The summed E-state index contributed by atoms with van der Waals surface area (Å²) in [6.45, 7) is 3.95. The smallest absolute Gasteiger partial charge is 0.254 e. The molecule has 0 saturated heterocycles. The molecule has 10 heteroatoms. The molecule has 166 valence electrons. The van der Waals surface area contributed by atoms with Crippen LogP contribution in [0.4, 0.5) is 0 Å². The summed E-state index contributed by atoms with van der Waals surface area (Å²) < 4.78 is 1.46. The second-order valence-corrected chi connectivity index (χ2v) is 7.85. The quantitative estimate of drug-likeness (QED) is 0.525. The van der Waals surface area contributed by atoms with E-state index in [1.54, 1.807) is 24.8 Å². The third-order valence-corrected chi connectivity index (χ3v) is 5.45. The lowest BCUT2D eigenvalue weighted by Crippen LogP contribution is -2.32. The van der Waals surface area contributed by atoms with Crippen LogP contribution in [0.2, 0.25) is 0 Å². The van der Waals surface area contributed by atoms with Crippen molar-refractivity contribution in [3.05, 3.63) is 59.3 Å². The van der Waals surface area contributed by atoms with Crippen molar-refractivity contribution in [1.82, 2.24) is 25.3 Å². The van der Waals surface area contributed by atoms with Crippen LogP contribution >= 0.6 is 0 Å². The lowest BCUT2D eigenvalue weighted by atomic mass is 9.93. The van der Waals surface area contributed by atoms with E-state index in [-0.39, 0.29) is 30.8 Å². The molecule has 1 atom stereocenters. The molecule has 2 aromatic heterocycles. The topological polar surface area (TPSA) is 137 Å². The SMILES string of the molecule is CC(C)c1c(C=C2NC=CN=C2C2C=NNC2=O)[nH]c(CO)c1CCC(=O)n1ccnc1. The highest BCUT2D eigenvalue weighted by Crippen LogP contribution is 2.30. The average Bonchev–Trinajstić information content (AvgIpc) is 3.52. The zero-order valence-electron chi connectivity index (χ0n) is 17.9. The molecule has 0 bridgehead atoms. The van der Waals surface area contributed by atoms with Crippen LogP contribution in [0, 0.1) is 5.92 Å². The highest BCUT2D eigenvalue weighted by atomic mass is 16.3. The number of imidazole rings is 1. The van der Waals surface area contributed by atoms with Gasteiger partial charge in [-0.2, -0.15) is 5.10 Å². The molecule has 1 amide bonds. The first-order valence-corrected chi connectivity index (χ1v) is 10.4. The van der Waals surface area contributed by atoms with Crippen LogP contribution in [0.15, 0.2) is 46.9 Å². The average molecular weight is 435 g/mol. The van der Waals surface area contributed by atoms with Crippen molar-refractivity contribution >= 4 is 29.8 Å². The molecule has 0 aromatic carbocycles. The number of nitrogens with one attached hydrogen (secondary N) is 3. The first-order chi connectivity index (χ1) is 15.5. The van der Waals surface area contributed by atoms with E-state index in [1.807, 2.05) is 6.08 Å². The van der Waals surface area contributed by atoms with Gasteiger partial charge in [-0.1, -0.05) is 13.8 Å². The van der Waals surface area contributed by atoms with Crippen LogP contribution < -0.4 is 10.7 Å². The Hall–Kier alpha value is -3.79. The van der Waals surface area contributed by atoms with Gasteiger partial charge in [0.25, 0.3) is 5.91 Å². The number of hydrogen-bond donors (Lipinski definition) is 4. The molecule has 32 heavy (non-hydrogen) atoms. The lowest BCUT2D eigenvalue weighted by Gasteiger charge is -2.17. The molecule has 2 aliphatic heterocycles. The Morgan fingerprint density at radius 2 is 2.22 bits per heavy atom. The van der Waals surface area contributed by atoms with E-state index in [0.29, 0.717) is 23.5 Å². The summed E-state index contributed by atoms with van der Waals surface area (Å²) in [6, 6.07) is 0. The van der Waals surface area contributed by atoms with E-state index in [1.165, 1.54) is 17.1 Å². The van der Waals surface area contributed by atoms with E-state index >= 15 is 0 Å². The highest BCUT2D eigenvalue weighted by molar-refractivity contribution is 6.24. The molecule has 0 fully saturated rings. The number of H-pyrrole nitrogens is 1.